The van der Waals surface area contributed by atoms with Crippen molar-refractivity contribution in [3.8, 4) is 0 Å². The van der Waals surface area contributed by atoms with Crippen molar-refractivity contribution < 1.29 is 32.4 Å². The van der Waals surface area contributed by atoms with Gasteiger partial charge < -0.3 is 15.2 Å². The van der Waals surface area contributed by atoms with Crippen LogP contribution in [0.25, 0.3) is 0 Å². The summed E-state index contributed by atoms with van der Waals surface area (Å²) in [6, 6.07) is 1.03. The van der Waals surface area contributed by atoms with Gasteiger partial charge in [-0.25, -0.2) is 17.6 Å². The number of nitrogens with zero attached hydrogens (tertiary/aromatic N) is 5. The fraction of sp³-hybridized carbons (Fsp3) is 0.545. The van der Waals surface area contributed by atoms with Gasteiger partial charge in [-0.2, -0.15) is 14.8 Å². The second-order valence-electron chi connectivity index (χ2n) is 5.01. The van der Waals surface area contributed by atoms with Crippen LogP contribution in [0.2, 0.25) is 0 Å². The van der Waals surface area contributed by atoms with E-state index in [-0.39, 0.29) is 10.7 Å². The number of carbonyl (C=O) groups excluding carboxylic acids is 1. The maximum absolute atomic E-state index is 13.0. The molecule has 1 amide bonds. The number of hydrogen-bond acceptors (Lipinski definition) is 6. The summed E-state index contributed by atoms with van der Waals surface area (Å²) in [5.41, 5.74) is -4.10. The third kappa shape index (κ3) is 3.06. The zero-order valence-corrected chi connectivity index (χ0v) is 12.1. The molecular weight excluding hydrogens is 342 g/mol. The maximum atomic E-state index is 13.0. The summed E-state index contributed by atoms with van der Waals surface area (Å²) in [5, 5.41) is 26.9. The number of aliphatic hydroxyl groups is 1. The van der Waals surface area contributed by atoms with Crippen LogP contribution >= 0.6 is 0 Å². The Morgan fingerprint density at radius 1 is 1.50 bits per heavy atom. The SMILES string of the molecule is Cc1cc([N+](=O)[O-])nn1CC(=O)N1N=C(C(F)F)C[C@]1(O)C(F)F. The molecule has 1 aromatic heterocycles. The molecule has 1 N–H and O–H groups in total. The van der Waals surface area contributed by atoms with E-state index in [1.54, 1.807) is 0 Å². The van der Waals surface area contributed by atoms with Gasteiger partial charge in [0.05, 0.1) is 16.9 Å². The van der Waals surface area contributed by atoms with Gasteiger partial charge in [0.2, 0.25) is 5.72 Å². The van der Waals surface area contributed by atoms with E-state index in [2.05, 4.69) is 10.2 Å². The van der Waals surface area contributed by atoms with Crippen LogP contribution in [0.5, 0.6) is 0 Å². The number of carbonyl (C=O) groups is 1. The lowest BCUT2D eigenvalue weighted by Gasteiger charge is -2.29. The second kappa shape index (κ2) is 6.14. The predicted octanol–water partition coefficient (Wildman–Crippen LogP) is 0.907. The Morgan fingerprint density at radius 3 is 2.58 bits per heavy atom. The van der Waals surface area contributed by atoms with Crippen LogP contribution in [-0.4, -0.2) is 55.0 Å². The highest BCUT2D eigenvalue weighted by Crippen LogP contribution is 2.33. The molecule has 132 valence electrons. The first kappa shape index (κ1) is 17.8. The summed E-state index contributed by atoms with van der Waals surface area (Å²) >= 11 is 0. The van der Waals surface area contributed by atoms with Crippen LogP contribution in [0.3, 0.4) is 0 Å². The van der Waals surface area contributed by atoms with Gasteiger partial charge in [0.15, 0.2) is 0 Å². The van der Waals surface area contributed by atoms with E-state index < -0.39 is 53.9 Å². The highest BCUT2D eigenvalue weighted by molar-refractivity contribution is 5.92. The number of amides is 1. The van der Waals surface area contributed by atoms with E-state index in [1.807, 2.05) is 0 Å². The summed E-state index contributed by atoms with van der Waals surface area (Å²) in [7, 11) is 0. The third-order valence-electron chi connectivity index (χ3n) is 3.31. The van der Waals surface area contributed by atoms with Crippen molar-refractivity contribution in [1.82, 2.24) is 14.8 Å². The number of hydrazone groups is 1. The van der Waals surface area contributed by atoms with Gasteiger partial charge in [-0.1, -0.05) is 0 Å². The van der Waals surface area contributed by atoms with E-state index in [0.717, 1.165) is 10.7 Å². The first-order chi connectivity index (χ1) is 11.1. The highest BCUT2D eigenvalue weighted by atomic mass is 19.3. The lowest BCUT2D eigenvalue weighted by atomic mass is 10.1. The van der Waals surface area contributed by atoms with E-state index >= 15 is 0 Å². The Labute approximate surface area is 131 Å². The summed E-state index contributed by atoms with van der Waals surface area (Å²) in [4.78, 5) is 21.9. The molecular formula is C11H11F4N5O4. The Kier molecular flexibility index (Phi) is 4.55. The standard InChI is InChI=1S/C11H11F4N5O4/c1-5-2-7(20(23)24)17-18(5)4-8(21)19-11(22,10(14)15)3-6(16-19)9(12)13/h2,9-10,22H,3-4H2,1H3/t11-/m0/s1. The van der Waals surface area contributed by atoms with E-state index in [1.165, 1.54) is 6.92 Å². The van der Waals surface area contributed by atoms with Gasteiger partial charge in [-0.15, -0.1) is 0 Å². The van der Waals surface area contributed by atoms with Gasteiger partial charge in [0, 0.05) is 6.42 Å². The average molecular weight is 353 g/mol. The van der Waals surface area contributed by atoms with E-state index in [9.17, 15) is 37.6 Å². The molecule has 2 rings (SSSR count). The summed E-state index contributed by atoms with van der Waals surface area (Å²) in [6.45, 7) is 0.569. The van der Waals surface area contributed by atoms with Crippen molar-refractivity contribution in [2.24, 2.45) is 5.10 Å². The normalized spacial score (nSPS) is 20.8. The molecule has 13 heteroatoms. The number of aryl methyl sites for hydroxylation is 1. The lowest BCUT2D eigenvalue weighted by Crippen LogP contribution is -2.52. The van der Waals surface area contributed by atoms with Gasteiger partial charge in [-0.3, -0.25) is 4.79 Å². The van der Waals surface area contributed by atoms with Crippen LogP contribution in [0.15, 0.2) is 11.2 Å². The Bertz CT molecular complexity index is 707. The first-order valence-corrected chi connectivity index (χ1v) is 6.44. The Hall–Kier alpha value is -2.57. The number of hydrogen-bond donors (Lipinski definition) is 1. The van der Waals surface area contributed by atoms with E-state index in [0.29, 0.717) is 0 Å². The fourth-order valence-electron chi connectivity index (χ4n) is 2.09. The van der Waals surface area contributed by atoms with Crippen LogP contribution < -0.4 is 0 Å². The predicted molar refractivity (Wildman–Crippen MR) is 69.5 cm³/mol. The lowest BCUT2D eigenvalue weighted by molar-refractivity contribution is -0.389. The molecule has 0 saturated carbocycles. The number of nitro groups is 1. The zero-order valence-electron chi connectivity index (χ0n) is 12.1. The van der Waals surface area contributed by atoms with Crippen molar-refractivity contribution >= 4 is 17.4 Å². The molecule has 0 aliphatic carbocycles. The molecule has 2 heterocycles. The molecule has 0 radical (unpaired) electrons. The number of alkyl halides is 4. The van der Waals surface area contributed by atoms with Crippen molar-refractivity contribution in [2.75, 3.05) is 0 Å². The average Bonchev–Trinajstić information content (AvgIpc) is 3.01. The molecule has 1 aliphatic rings. The van der Waals surface area contributed by atoms with E-state index in [4.69, 9.17) is 0 Å². The minimum Gasteiger partial charge on any atom is -0.364 e. The van der Waals surface area contributed by atoms with Gasteiger partial charge in [-0.05, 0) is 11.8 Å². The van der Waals surface area contributed by atoms with Gasteiger partial charge >= 0.3 is 5.82 Å². The molecule has 24 heavy (non-hydrogen) atoms. The molecule has 0 aromatic carbocycles. The largest absolute Gasteiger partial charge is 0.390 e. The number of halogens is 4. The molecule has 0 spiro atoms. The van der Waals surface area contributed by atoms with Crippen molar-refractivity contribution in [1.29, 1.82) is 0 Å². The van der Waals surface area contributed by atoms with Gasteiger partial charge in [0.1, 0.15) is 12.3 Å². The molecule has 9 nitrogen and oxygen atoms in total. The second-order valence-corrected chi connectivity index (χ2v) is 5.01. The first-order valence-electron chi connectivity index (χ1n) is 6.44. The van der Waals surface area contributed by atoms with Crippen LogP contribution in [0.1, 0.15) is 12.1 Å². The minimum atomic E-state index is -3.55. The zero-order chi connectivity index (χ0) is 18.2. The highest BCUT2D eigenvalue weighted by Gasteiger charge is 2.53. The molecule has 0 fully saturated rings. The fourth-order valence-corrected chi connectivity index (χ4v) is 2.09. The quantitative estimate of drug-likeness (QED) is 0.480. The minimum absolute atomic E-state index is 0.119. The molecule has 1 aliphatic heterocycles. The van der Waals surface area contributed by atoms with Gasteiger partial charge in [0.25, 0.3) is 18.8 Å². The summed E-state index contributed by atoms with van der Waals surface area (Å²) in [6.07, 6.45) is -7.97. The van der Waals surface area contributed by atoms with Crippen molar-refractivity contribution in [3.05, 3.63) is 21.9 Å². The molecule has 1 atom stereocenters. The summed E-state index contributed by atoms with van der Waals surface area (Å²) < 4.78 is 52.2. The Morgan fingerprint density at radius 2 is 2.12 bits per heavy atom. The molecule has 0 bridgehead atoms. The van der Waals surface area contributed by atoms with Crippen LogP contribution in [0.4, 0.5) is 23.4 Å². The topological polar surface area (TPSA) is 114 Å². The van der Waals surface area contributed by atoms with Crippen LogP contribution in [0, 0.1) is 17.0 Å². The Balaban J connectivity index is 2.28. The number of rotatable bonds is 5. The molecule has 0 saturated heterocycles. The van der Waals surface area contributed by atoms with Crippen LogP contribution in [-0.2, 0) is 11.3 Å². The van der Waals surface area contributed by atoms with Crippen molar-refractivity contribution in [2.45, 2.75) is 38.5 Å². The smallest absolute Gasteiger partial charge is 0.364 e. The maximum Gasteiger partial charge on any atom is 0.390 e. The third-order valence-corrected chi connectivity index (χ3v) is 3.31. The van der Waals surface area contributed by atoms with Crippen molar-refractivity contribution in [3.63, 3.8) is 0 Å². The monoisotopic (exact) mass is 353 g/mol. The molecule has 1 aromatic rings. The summed E-state index contributed by atoms with van der Waals surface area (Å²) in [5.74, 6) is -1.85. The number of aromatic nitrogens is 2. The molecule has 0 unspecified atom stereocenters.